The molecular formula is C19H27N5. The molecule has 1 fully saturated rings. The van der Waals surface area contributed by atoms with Crippen molar-refractivity contribution < 1.29 is 0 Å². The largest absolute Gasteiger partial charge is 0.364 e. The number of likely N-dealkylation sites (tertiary alicyclic amines) is 1. The van der Waals surface area contributed by atoms with Gasteiger partial charge in [0.2, 0.25) is 0 Å². The van der Waals surface area contributed by atoms with E-state index in [0.29, 0.717) is 6.04 Å². The summed E-state index contributed by atoms with van der Waals surface area (Å²) in [5, 5.41) is 3.58. The average Bonchev–Trinajstić information content (AvgIpc) is 2.62. The Balaban J connectivity index is 1.47. The summed E-state index contributed by atoms with van der Waals surface area (Å²) in [6, 6.07) is 11.2. The lowest BCUT2D eigenvalue weighted by atomic mass is 10.0. The van der Waals surface area contributed by atoms with Crippen LogP contribution in [0.4, 0.5) is 11.6 Å². The topological polar surface area (TPSA) is 44.3 Å². The Morgan fingerprint density at radius 3 is 2.50 bits per heavy atom. The van der Waals surface area contributed by atoms with Crippen molar-refractivity contribution in [3.8, 4) is 0 Å². The number of hydrogen-bond donors (Lipinski definition) is 1. The molecule has 1 N–H and O–H groups in total. The van der Waals surface area contributed by atoms with Crippen LogP contribution in [0.1, 0.15) is 18.4 Å². The Morgan fingerprint density at radius 2 is 1.79 bits per heavy atom. The third-order valence-electron chi connectivity index (χ3n) is 4.59. The molecule has 1 aliphatic rings. The molecule has 0 bridgehead atoms. The lowest BCUT2D eigenvalue weighted by Gasteiger charge is -2.33. The van der Waals surface area contributed by atoms with Crippen molar-refractivity contribution in [1.29, 1.82) is 0 Å². The molecule has 3 rings (SSSR count). The van der Waals surface area contributed by atoms with Gasteiger partial charge in [-0.3, -0.25) is 0 Å². The zero-order valence-corrected chi connectivity index (χ0v) is 14.7. The van der Waals surface area contributed by atoms with Crippen molar-refractivity contribution in [3.63, 3.8) is 0 Å². The maximum absolute atomic E-state index is 4.46. The molecule has 0 amide bonds. The smallest absolute Gasteiger partial charge is 0.171 e. The van der Waals surface area contributed by atoms with Crippen LogP contribution in [0.3, 0.4) is 0 Å². The Morgan fingerprint density at radius 1 is 1.08 bits per heavy atom. The molecule has 0 atom stereocenters. The first-order valence-corrected chi connectivity index (χ1v) is 8.73. The van der Waals surface area contributed by atoms with E-state index in [1.165, 1.54) is 5.56 Å². The van der Waals surface area contributed by atoms with Crippen molar-refractivity contribution >= 4 is 11.6 Å². The monoisotopic (exact) mass is 325 g/mol. The van der Waals surface area contributed by atoms with Crippen molar-refractivity contribution in [3.05, 3.63) is 48.3 Å². The van der Waals surface area contributed by atoms with E-state index in [1.807, 2.05) is 19.0 Å². The third-order valence-corrected chi connectivity index (χ3v) is 4.59. The van der Waals surface area contributed by atoms with Crippen LogP contribution in [-0.4, -0.2) is 54.6 Å². The van der Waals surface area contributed by atoms with Gasteiger partial charge in [-0.25, -0.2) is 9.97 Å². The van der Waals surface area contributed by atoms with Crippen molar-refractivity contribution in [2.45, 2.75) is 25.3 Å². The highest BCUT2D eigenvalue weighted by Crippen LogP contribution is 2.21. The highest BCUT2D eigenvalue weighted by atomic mass is 15.2. The SMILES string of the molecule is CN(C)c1nccnc1NC1CCN(CCc2ccccc2)CC1. The molecule has 0 radical (unpaired) electrons. The van der Waals surface area contributed by atoms with Crippen LogP contribution in [0.2, 0.25) is 0 Å². The summed E-state index contributed by atoms with van der Waals surface area (Å²) >= 11 is 0. The van der Waals surface area contributed by atoms with Crippen LogP contribution in [0, 0.1) is 0 Å². The molecule has 0 spiro atoms. The molecule has 24 heavy (non-hydrogen) atoms. The molecule has 5 heteroatoms. The van der Waals surface area contributed by atoms with Gasteiger partial charge in [-0.1, -0.05) is 30.3 Å². The lowest BCUT2D eigenvalue weighted by Crippen LogP contribution is -2.40. The summed E-state index contributed by atoms with van der Waals surface area (Å²) in [6.45, 7) is 3.43. The fourth-order valence-electron chi connectivity index (χ4n) is 3.19. The van der Waals surface area contributed by atoms with Gasteiger partial charge in [0, 0.05) is 52.2 Å². The predicted octanol–water partition coefficient (Wildman–Crippen LogP) is 2.66. The van der Waals surface area contributed by atoms with Gasteiger partial charge in [-0.15, -0.1) is 0 Å². The third kappa shape index (κ3) is 4.45. The van der Waals surface area contributed by atoms with E-state index in [-0.39, 0.29) is 0 Å². The Bertz CT molecular complexity index is 621. The van der Waals surface area contributed by atoms with Gasteiger partial charge in [0.05, 0.1) is 0 Å². The summed E-state index contributed by atoms with van der Waals surface area (Å²) in [5.74, 6) is 1.80. The van der Waals surface area contributed by atoms with Crippen LogP contribution in [0.5, 0.6) is 0 Å². The maximum atomic E-state index is 4.46. The standard InChI is InChI=1S/C19H27N5/c1-23(2)19-18(20-11-12-21-19)22-17-9-14-24(15-10-17)13-8-16-6-4-3-5-7-16/h3-7,11-12,17H,8-10,13-15H2,1-2H3,(H,20,22). The Kier molecular flexibility index (Phi) is 5.64. The number of piperidine rings is 1. The lowest BCUT2D eigenvalue weighted by molar-refractivity contribution is 0.221. The van der Waals surface area contributed by atoms with Gasteiger partial charge >= 0.3 is 0 Å². The van der Waals surface area contributed by atoms with E-state index in [4.69, 9.17) is 0 Å². The van der Waals surface area contributed by atoms with Crippen LogP contribution in [0.15, 0.2) is 42.7 Å². The molecule has 0 aliphatic carbocycles. The normalized spacial score (nSPS) is 16.1. The van der Waals surface area contributed by atoms with E-state index in [2.05, 4.69) is 50.5 Å². The van der Waals surface area contributed by atoms with Gasteiger partial charge in [-0.2, -0.15) is 0 Å². The van der Waals surface area contributed by atoms with Crippen molar-refractivity contribution in [2.24, 2.45) is 0 Å². The number of anilines is 2. The number of hydrogen-bond acceptors (Lipinski definition) is 5. The summed E-state index contributed by atoms with van der Waals surface area (Å²) in [4.78, 5) is 13.4. The second-order valence-electron chi connectivity index (χ2n) is 6.62. The predicted molar refractivity (Wildman–Crippen MR) is 99.6 cm³/mol. The molecule has 1 aromatic heterocycles. The van der Waals surface area contributed by atoms with Crippen LogP contribution in [-0.2, 0) is 6.42 Å². The van der Waals surface area contributed by atoms with Crippen LogP contribution < -0.4 is 10.2 Å². The molecule has 2 aromatic rings. The Labute approximate surface area is 144 Å². The average molecular weight is 325 g/mol. The molecule has 1 saturated heterocycles. The Hall–Kier alpha value is -2.14. The van der Waals surface area contributed by atoms with Crippen LogP contribution in [0.25, 0.3) is 0 Å². The highest BCUT2D eigenvalue weighted by molar-refractivity contribution is 5.60. The van der Waals surface area contributed by atoms with E-state index in [0.717, 1.165) is 50.5 Å². The van der Waals surface area contributed by atoms with Crippen molar-refractivity contribution in [1.82, 2.24) is 14.9 Å². The van der Waals surface area contributed by atoms with Gasteiger partial charge in [0.1, 0.15) is 0 Å². The first-order chi connectivity index (χ1) is 11.7. The number of nitrogens with one attached hydrogen (secondary N) is 1. The van der Waals surface area contributed by atoms with E-state index in [1.54, 1.807) is 12.4 Å². The van der Waals surface area contributed by atoms with Gasteiger partial charge in [0.15, 0.2) is 11.6 Å². The van der Waals surface area contributed by atoms with Gasteiger partial charge in [0.25, 0.3) is 0 Å². The number of benzene rings is 1. The minimum atomic E-state index is 0.480. The highest BCUT2D eigenvalue weighted by Gasteiger charge is 2.20. The minimum absolute atomic E-state index is 0.480. The fraction of sp³-hybridized carbons (Fsp3) is 0.474. The molecule has 1 aliphatic heterocycles. The fourth-order valence-corrected chi connectivity index (χ4v) is 3.19. The molecule has 5 nitrogen and oxygen atoms in total. The molecule has 0 unspecified atom stereocenters. The van der Waals surface area contributed by atoms with Gasteiger partial charge < -0.3 is 15.1 Å². The van der Waals surface area contributed by atoms with E-state index < -0.39 is 0 Å². The summed E-state index contributed by atoms with van der Waals surface area (Å²) in [7, 11) is 4.00. The van der Waals surface area contributed by atoms with Crippen molar-refractivity contribution in [2.75, 3.05) is 43.9 Å². The first-order valence-electron chi connectivity index (χ1n) is 8.73. The van der Waals surface area contributed by atoms with Crippen LogP contribution >= 0.6 is 0 Å². The summed E-state index contributed by atoms with van der Waals surface area (Å²) in [5.41, 5.74) is 1.42. The molecule has 1 aromatic carbocycles. The molecule has 2 heterocycles. The van der Waals surface area contributed by atoms with E-state index >= 15 is 0 Å². The number of aromatic nitrogens is 2. The number of nitrogens with zero attached hydrogens (tertiary/aromatic N) is 4. The quantitative estimate of drug-likeness (QED) is 0.884. The molecule has 128 valence electrons. The minimum Gasteiger partial charge on any atom is -0.364 e. The molecule has 0 saturated carbocycles. The first kappa shape index (κ1) is 16.7. The van der Waals surface area contributed by atoms with E-state index in [9.17, 15) is 0 Å². The summed E-state index contributed by atoms with van der Waals surface area (Å²) < 4.78 is 0. The number of rotatable bonds is 6. The van der Waals surface area contributed by atoms with Gasteiger partial charge in [-0.05, 0) is 24.8 Å². The summed E-state index contributed by atoms with van der Waals surface area (Å²) in [6.07, 6.45) is 6.93. The molecular weight excluding hydrogens is 298 g/mol. The maximum Gasteiger partial charge on any atom is 0.171 e. The second kappa shape index (κ2) is 8.11. The zero-order chi connectivity index (χ0) is 16.8. The zero-order valence-electron chi connectivity index (χ0n) is 14.7. The second-order valence-corrected chi connectivity index (χ2v) is 6.62.